The summed E-state index contributed by atoms with van der Waals surface area (Å²) in [6.45, 7) is 3.21. The second-order valence-electron chi connectivity index (χ2n) is 7.38. The standard InChI is InChI=1S/C22H25FN4O/c1-26-16-24-25-22(26)18-9-11-27(12-10-18)14-17-5-4-7-20(13-17)28-15-19-6-2-3-8-21(19)23/h2-8,13,16,18H,9-12,14-15H2,1H3. The Morgan fingerprint density at radius 2 is 1.93 bits per heavy atom. The molecule has 1 aliphatic heterocycles. The van der Waals surface area contributed by atoms with Crippen LogP contribution < -0.4 is 4.74 Å². The van der Waals surface area contributed by atoms with E-state index in [0.29, 0.717) is 11.5 Å². The average molecular weight is 380 g/mol. The van der Waals surface area contributed by atoms with E-state index in [2.05, 4.69) is 27.2 Å². The zero-order chi connectivity index (χ0) is 19.3. The molecule has 28 heavy (non-hydrogen) atoms. The zero-order valence-electron chi connectivity index (χ0n) is 16.1. The molecule has 1 aromatic heterocycles. The van der Waals surface area contributed by atoms with Crippen molar-refractivity contribution in [2.24, 2.45) is 7.05 Å². The molecule has 0 amide bonds. The van der Waals surface area contributed by atoms with E-state index in [1.54, 1.807) is 18.5 Å². The van der Waals surface area contributed by atoms with Crippen LogP contribution in [0.15, 0.2) is 54.9 Å². The van der Waals surface area contributed by atoms with Crippen LogP contribution in [0.5, 0.6) is 5.75 Å². The molecule has 1 aliphatic rings. The molecule has 2 aromatic carbocycles. The number of aromatic nitrogens is 3. The highest BCUT2D eigenvalue weighted by atomic mass is 19.1. The van der Waals surface area contributed by atoms with Crippen LogP contribution in [0, 0.1) is 5.82 Å². The van der Waals surface area contributed by atoms with Crippen LogP contribution in [-0.2, 0) is 20.2 Å². The summed E-state index contributed by atoms with van der Waals surface area (Å²) in [6, 6.07) is 14.8. The third-order valence-electron chi connectivity index (χ3n) is 5.36. The van der Waals surface area contributed by atoms with E-state index in [-0.39, 0.29) is 12.4 Å². The summed E-state index contributed by atoms with van der Waals surface area (Å²) in [4.78, 5) is 2.46. The number of rotatable bonds is 6. The number of hydrogen-bond acceptors (Lipinski definition) is 4. The first-order chi connectivity index (χ1) is 13.7. The van der Waals surface area contributed by atoms with Crippen molar-refractivity contribution in [2.75, 3.05) is 13.1 Å². The molecule has 0 aliphatic carbocycles. The van der Waals surface area contributed by atoms with Crippen molar-refractivity contribution in [1.82, 2.24) is 19.7 Å². The molecule has 0 N–H and O–H groups in total. The first-order valence-electron chi connectivity index (χ1n) is 9.70. The molecule has 4 rings (SSSR count). The molecule has 2 heterocycles. The number of likely N-dealkylation sites (tertiary alicyclic amines) is 1. The van der Waals surface area contributed by atoms with Gasteiger partial charge >= 0.3 is 0 Å². The highest BCUT2D eigenvalue weighted by molar-refractivity contribution is 5.29. The molecule has 0 bridgehead atoms. The van der Waals surface area contributed by atoms with Crippen molar-refractivity contribution >= 4 is 0 Å². The van der Waals surface area contributed by atoms with Crippen molar-refractivity contribution in [1.29, 1.82) is 0 Å². The SMILES string of the molecule is Cn1cnnc1C1CCN(Cc2cccc(OCc3ccccc3F)c2)CC1. The van der Waals surface area contributed by atoms with Crippen molar-refractivity contribution in [2.45, 2.75) is 31.9 Å². The minimum Gasteiger partial charge on any atom is -0.489 e. The normalized spacial score (nSPS) is 15.6. The second kappa shape index (κ2) is 8.52. The minimum atomic E-state index is -0.232. The Labute approximate surface area is 164 Å². The van der Waals surface area contributed by atoms with E-state index in [0.717, 1.165) is 44.0 Å². The van der Waals surface area contributed by atoms with Gasteiger partial charge in [-0.15, -0.1) is 10.2 Å². The first-order valence-corrected chi connectivity index (χ1v) is 9.70. The van der Waals surface area contributed by atoms with Crippen LogP contribution >= 0.6 is 0 Å². The Hall–Kier alpha value is -2.73. The molecule has 0 unspecified atom stereocenters. The van der Waals surface area contributed by atoms with E-state index in [1.165, 1.54) is 11.6 Å². The summed E-state index contributed by atoms with van der Waals surface area (Å²) in [7, 11) is 2.01. The molecule has 146 valence electrons. The van der Waals surface area contributed by atoms with Gasteiger partial charge in [-0.1, -0.05) is 30.3 Å². The van der Waals surface area contributed by atoms with Crippen molar-refractivity contribution in [3.63, 3.8) is 0 Å². The van der Waals surface area contributed by atoms with Gasteiger partial charge in [-0.25, -0.2) is 4.39 Å². The third kappa shape index (κ3) is 4.39. The predicted octanol–water partition coefficient (Wildman–Crippen LogP) is 3.91. The van der Waals surface area contributed by atoms with Gasteiger partial charge in [-0.2, -0.15) is 0 Å². The summed E-state index contributed by atoms with van der Waals surface area (Å²) in [5.41, 5.74) is 1.78. The first kappa shape index (κ1) is 18.6. The quantitative estimate of drug-likeness (QED) is 0.650. The van der Waals surface area contributed by atoms with Crippen LogP contribution in [0.4, 0.5) is 4.39 Å². The highest BCUT2D eigenvalue weighted by Crippen LogP contribution is 2.27. The smallest absolute Gasteiger partial charge is 0.135 e. The van der Waals surface area contributed by atoms with E-state index < -0.39 is 0 Å². The second-order valence-corrected chi connectivity index (χ2v) is 7.38. The van der Waals surface area contributed by atoms with Gasteiger partial charge in [0.15, 0.2) is 0 Å². The Morgan fingerprint density at radius 3 is 2.68 bits per heavy atom. The van der Waals surface area contributed by atoms with Crippen LogP contribution in [-0.4, -0.2) is 32.8 Å². The molecule has 0 saturated carbocycles. The van der Waals surface area contributed by atoms with Crippen LogP contribution in [0.1, 0.15) is 35.7 Å². The Bertz CT molecular complexity index is 918. The fourth-order valence-corrected chi connectivity index (χ4v) is 3.78. The van der Waals surface area contributed by atoms with Crippen LogP contribution in [0.3, 0.4) is 0 Å². The van der Waals surface area contributed by atoms with Crippen LogP contribution in [0.25, 0.3) is 0 Å². The molecule has 1 fully saturated rings. The summed E-state index contributed by atoms with van der Waals surface area (Å²) in [5.74, 6) is 2.11. The van der Waals surface area contributed by atoms with Gasteiger partial charge in [-0.05, 0) is 49.7 Å². The number of aryl methyl sites for hydroxylation is 1. The van der Waals surface area contributed by atoms with Gasteiger partial charge in [0, 0.05) is 25.1 Å². The summed E-state index contributed by atoms with van der Waals surface area (Å²) >= 11 is 0. The number of halogens is 1. The Morgan fingerprint density at radius 1 is 1.11 bits per heavy atom. The molecule has 0 spiro atoms. The monoisotopic (exact) mass is 380 g/mol. The molecular weight excluding hydrogens is 355 g/mol. The maximum atomic E-state index is 13.7. The van der Waals surface area contributed by atoms with Crippen LogP contribution in [0.2, 0.25) is 0 Å². The maximum absolute atomic E-state index is 13.7. The van der Waals surface area contributed by atoms with E-state index in [1.807, 2.05) is 29.8 Å². The molecular formula is C22H25FN4O. The van der Waals surface area contributed by atoms with Crippen molar-refractivity contribution in [3.8, 4) is 5.75 Å². The van der Waals surface area contributed by atoms with Gasteiger partial charge in [-0.3, -0.25) is 4.90 Å². The lowest BCUT2D eigenvalue weighted by atomic mass is 9.95. The van der Waals surface area contributed by atoms with Gasteiger partial charge < -0.3 is 9.30 Å². The predicted molar refractivity (Wildman–Crippen MR) is 105 cm³/mol. The lowest BCUT2D eigenvalue weighted by Crippen LogP contribution is -2.33. The molecule has 1 saturated heterocycles. The molecule has 6 heteroatoms. The van der Waals surface area contributed by atoms with E-state index >= 15 is 0 Å². The molecule has 3 aromatic rings. The number of hydrogen-bond donors (Lipinski definition) is 0. The summed E-state index contributed by atoms with van der Waals surface area (Å²) < 4.78 is 21.6. The number of benzene rings is 2. The molecule has 5 nitrogen and oxygen atoms in total. The number of nitrogens with zero attached hydrogens (tertiary/aromatic N) is 4. The van der Waals surface area contributed by atoms with E-state index in [9.17, 15) is 4.39 Å². The van der Waals surface area contributed by atoms with E-state index in [4.69, 9.17) is 4.74 Å². The summed E-state index contributed by atoms with van der Waals surface area (Å²) in [6.07, 6.45) is 3.96. The third-order valence-corrected chi connectivity index (χ3v) is 5.36. The average Bonchev–Trinajstić information content (AvgIpc) is 3.14. The van der Waals surface area contributed by atoms with Crippen molar-refractivity contribution in [3.05, 3.63) is 77.6 Å². The number of ether oxygens (including phenoxy) is 1. The largest absolute Gasteiger partial charge is 0.489 e. The fraction of sp³-hybridized carbons (Fsp3) is 0.364. The summed E-state index contributed by atoms with van der Waals surface area (Å²) in [5, 5.41) is 8.26. The molecule has 0 atom stereocenters. The zero-order valence-corrected chi connectivity index (χ0v) is 16.1. The Kier molecular flexibility index (Phi) is 5.67. The number of piperidine rings is 1. The van der Waals surface area contributed by atoms with Gasteiger partial charge in [0.05, 0.1) is 0 Å². The van der Waals surface area contributed by atoms with Gasteiger partial charge in [0.25, 0.3) is 0 Å². The Balaban J connectivity index is 1.31. The van der Waals surface area contributed by atoms with Gasteiger partial charge in [0.1, 0.15) is 30.3 Å². The van der Waals surface area contributed by atoms with Gasteiger partial charge in [0.2, 0.25) is 0 Å². The molecule has 0 radical (unpaired) electrons. The minimum absolute atomic E-state index is 0.232. The topological polar surface area (TPSA) is 43.2 Å². The lowest BCUT2D eigenvalue weighted by molar-refractivity contribution is 0.200. The maximum Gasteiger partial charge on any atom is 0.135 e. The fourth-order valence-electron chi connectivity index (χ4n) is 3.78. The highest BCUT2D eigenvalue weighted by Gasteiger charge is 2.23. The lowest BCUT2D eigenvalue weighted by Gasteiger charge is -2.31. The van der Waals surface area contributed by atoms with Crippen molar-refractivity contribution < 1.29 is 9.13 Å².